The number of amides is 1. The summed E-state index contributed by atoms with van der Waals surface area (Å²) in [5.74, 6) is 1.07. The number of para-hydroxylation sites is 1. The van der Waals surface area contributed by atoms with Crippen molar-refractivity contribution in [2.75, 3.05) is 40.3 Å². The fourth-order valence-electron chi connectivity index (χ4n) is 3.66. The van der Waals surface area contributed by atoms with Crippen LogP contribution >= 0.6 is 0 Å². The Morgan fingerprint density at radius 2 is 1.68 bits per heavy atom. The fourth-order valence-corrected chi connectivity index (χ4v) is 3.66. The Bertz CT molecular complexity index is 757. The molecule has 28 heavy (non-hydrogen) atoms. The summed E-state index contributed by atoms with van der Waals surface area (Å²) in [6, 6.07) is 18.3. The molecular formula is C23H31N3O2. The lowest BCUT2D eigenvalue weighted by molar-refractivity contribution is -0.138. The number of carbonyl (C=O) groups excluding carboxylic acids is 1. The van der Waals surface area contributed by atoms with Crippen molar-refractivity contribution in [2.45, 2.75) is 26.1 Å². The van der Waals surface area contributed by atoms with E-state index in [-0.39, 0.29) is 11.9 Å². The summed E-state index contributed by atoms with van der Waals surface area (Å²) in [7, 11) is 3.68. The first kappa shape index (κ1) is 20.4. The lowest BCUT2D eigenvalue weighted by Gasteiger charge is -2.37. The Morgan fingerprint density at radius 3 is 2.36 bits per heavy atom. The van der Waals surface area contributed by atoms with Crippen molar-refractivity contribution < 1.29 is 9.53 Å². The van der Waals surface area contributed by atoms with E-state index in [9.17, 15) is 4.79 Å². The lowest BCUT2D eigenvalue weighted by atomic mass is 10.1. The quantitative estimate of drug-likeness (QED) is 0.739. The Hall–Kier alpha value is -2.37. The van der Waals surface area contributed by atoms with Gasteiger partial charge in [-0.25, -0.2) is 0 Å². The highest BCUT2D eigenvalue weighted by molar-refractivity contribution is 5.81. The van der Waals surface area contributed by atoms with Crippen molar-refractivity contribution >= 4 is 5.91 Å². The van der Waals surface area contributed by atoms with Crippen LogP contribution in [0, 0.1) is 0 Å². The molecule has 2 aromatic rings. The maximum Gasteiger partial charge on any atom is 0.239 e. The van der Waals surface area contributed by atoms with Gasteiger partial charge in [-0.3, -0.25) is 14.6 Å². The zero-order chi connectivity index (χ0) is 19.9. The first-order valence-electron chi connectivity index (χ1n) is 9.95. The van der Waals surface area contributed by atoms with Crippen LogP contribution in [-0.4, -0.2) is 67.0 Å². The van der Waals surface area contributed by atoms with E-state index in [0.717, 1.165) is 44.0 Å². The Kier molecular flexibility index (Phi) is 7.06. The molecule has 0 unspecified atom stereocenters. The number of nitrogens with zero attached hydrogens (tertiary/aromatic N) is 3. The largest absolute Gasteiger partial charge is 0.496 e. The van der Waals surface area contributed by atoms with Crippen LogP contribution in [0.5, 0.6) is 5.75 Å². The molecule has 1 saturated heterocycles. The summed E-state index contributed by atoms with van der Waals surface area (Å²) in [5, 5.41) is 0. The second kappa shape index (κ2) is 9.71. The molecule has 0 radical (unpaired) electrons. The van der Waals surface area contributed by atoms with Gasteiger partial charge in [0.05, 0.1) is 13.2 Å². The third-order valence-electron chi connectivity index (χ3n) is 5.56. The number of rotatable bonds is 7. The standard InChI is InChI=1S/C23H31N3O2/c1-19(24(2)18-21-11-7-8-12-22(21)28-3)23(27)26-15-13-25(14-16-26)17-20-9-5-4-6-10-20/h4-12,19H,13-18H2,1-3H3/t19-/m1/s1. The van der Waals surface area contributed by atoms with Gasteiger partial charge in [0.2, 0.25) is 5.91 Å². The minimum atomic E-state index is -0.161. The second-order valence-electron chi connectivity index (χ2n) is 7.49. The minimum Gasteiger partial charge on any atom is -0.496 e. The van der Waals surface area contributed by atoms with Crippen LogP contribution in [0.25, 0.3) is 0 Å². The Balaban J connectivity index is 1.51. The van der Waals surface area contributed by atoms with Crippen LogP contribution < -0.4 is 4.74 Å². The highest BCUT2D eigenvalue weighted by Crippen LogP contribution is 2.20. The minimum absolute atomic E-state index is 0.161. The van der Waals surface area contributed by atoms with E-state index in [1.807, 2.05) is 43.1 Å². The first-order chi connectivity index (χ1) is 13.6. The Labute approximate surface area is 168 Å². The number of methoxy groups -OCH3 is 1. The number of carbonyl (C=O) groups is 1. The van der Waals surface area contributed by atoms with Gasteiger partial charge in [0, 0.05) is 44.8 Å². The van der Waals surface area contributed by atoms with Crippen LogP contribution in [0.15, 0.2) is 54.6 Å². The van der Waals surface area contributed by atoms with Crippen molar-refractivity contribution in [3.8, 4) is 5.75 Å². The van der Waals surface area contributed by atoms with Crippen LogP contribution in [0.3, 0.4) is 0 Å². The molecule has 5 heteroatoms. The smallest absolute Gasteiger partial charge is 0.239 e. The van der Waals surface area contributed by atoms with Gasteiger partial charge in [0.25, 0.3) is 0 Å². The molecule has 150 valence electrons. The molecule has 1 atom stereocenters. The van der Waals surface area contributed by atoms with E-state index < -0.39 is 0 Å². The van der Waals surface area contributed by atoms with Gasteiger partial charge in [0.1, 0.15) is 5.75 Å². The predicted molar refractivity (Wildman–Crippen MR) is 112 cm³/mol. The summed E-state index contributed by atoms with van der Waals surface area (Å²) in [6.45, 7) is 7.05. The lowest BCUT2D eigenvalue weighted by Crippen LogP contribution is -2.53. The van der Waals surface area contributed by atoms with Gasteiger partial charge >= 0.3 is 0 Å². The van der Waals surface area contributed by atoms with E-state index in [4.69, 9.17) is 4.74 Å². The van der Waals surface area contributed by atoms with Gasteiger partial charge < -0.3 is 9.64 Å². The monoisotopic (exact) mass is 381 g/mol. The molecule has 1 amide bonds. The van der Waals surface area contributed by atoms with Crippen molar-refractivity contribution in [1.29, 1.82) is 0 Å². The third kappa shape index (κ3) is 5.12. The van der Waals surface area contributed by atoms with E-state index in [0.29, 0.717) is 6.54 Å². The summed E-state index contributed by atoms with van der Waals surface area (Å²) < 4.78 is 5.44. The summed E-state index contributed by atoms with van der Waals surface area (Å²) in [4.78, 5) is 19.5. The summed E-state index contributed by atoms with van der Waals surface area (Å²) >= 11 is 0. The number of hydrogen-bond acceptors (Lipinski definition) is 4. The van der Waals surface area contributed by atoms with Gasteiger partial charge in [-0.2, -0.15) is 0 Å². The number of hydrogen-bond donors (Lipinski definition) is 0. The summed E-state index contributed by atoms with van der Waals surface area (Å²) in [6.07, 6.45) is 0. The van der Waals surface area contributed by atoms with Gasteiger partial charge in [0.15, 0.2) is 0 Å². The van der Waals surface area contributed by atoms with Crippen molar-refractivity contribution in [3.05, 3.63) is 65.7 Å². The predicted octanol–water partition coefficient (Wildman–Crippen LogP) is 2.86. The highest BCUT2D eigenvalue weighted by Gasteiger charge is 2.27. The third-order valence-corrected chi connectivity index (χ3v) is 5.56. The molecular weight excluding hydrogens is 350 g/mol. The molecule has 0 saturated carbocycles. The van der Waals surface area contributed by atoms with Gasteiger partial charge in [-0.1, -0.05) is 48.5 Å². The molecule has 2 aromatic carbocycles. The number of piperazine rings is 1. The zero-order valence-corrected chi connectivity index (χ0v) is 17.2. The molecule has 0 spiro atoms. The van der Waals surface area contributed by atoms with E-state index in [1.54, 1.807) is 7.11 Å². The van der Waals surface area contributed by atoms with Gasteiger partial charge in [-0.05, 0) is 25.6 Å². The topological polar surface area (TPSA) is 36.0 Å². The molecule has 0 N–H and O–H groups in total. The highest BCUT2D eigenvalue weighted by atomic mass is 16.5. The SMILES string of the molecule is COc1ccccc1CN(C)[C@H](C)C(=O)N1CCN(Cc2ccccc2)CC1. The zero-order valence-electron chi connectivity index (χ0n) is 17.2. The van der Waals surface area contributed by atoms with Gasteiger partial charge in [-0.15, -0.1) is 0 Å². The first-order valence-corrected chi connectivity index (χ1v) is 9.95. The normalized spacial score (nSPS) is 16.2. The molecule has 3 rings (SSSR count). The molecule has 1 aliphatic rings. The maximum atomic E-state index is 13.0. The van der Waals surface area contributed by atoms with E-state index in [2.05, 4.69) is 40.1 Å². The van der Waals surface area contributed by atoms with E-state index >= 15 is 0 Å². The van der Waals surface area contributed by atoms with E-state index in [1.165, 1.54) is 5.56 Å². The van der Waals surface area contributed by atoms with Crippen molar-refractivity contribution in [2.24, 2.45) is 0 Å². The molecule has 0 aliphatic carbocycles. The van der Waals surface area contributed by atoms with Crippen LogP contribution in [0.4, 0.5) is 0 Å². The number of benzene rings is 2. The van der Waals surface area contributed by atoms with Crippen molar-refractivity contribution in [3.63, 3.8) is 0 Å². The molecule has 0 bridgehead atoms. The van der Waals surface area contributed by atoms with Crippen LogP contribution in [-0.2, 0) is 17.9 Å². The Morgan fingerprint density at radius 1 is 1.04 bits per heavy atom. The molecule has 5 nitrogen and oxygen atoms in total. The average molecular weight is 382 g/mol. The number of likely N-dealkylation sites (N-methyl/N-ethyl adjacent to an activating group) is 1. The maximum absolute atomic E-state index is 13.0. The average Bonchev–Trinajstić information content (AvgIpc) is 2.74. The van der Waals surface area contributed by atoms with Crippen molar-refractivity contribution in [1.82, 2.24) is 14.7 Å². The molecule has 1 fully saturated rings. The molecule has 1 aliphatic heterocycles. The number of ether oxygens (including phenoxy) is 1. The fraction of sp³-hybridized carbons (Fsp3) is 0.435. The molecule has 1 heterocycles. The van der Waals surface area contributed by atoms with Crippen LogP contribution in [0.2, 0.25) is 0 Å². The summed E-state index contributed by atoms with van der Waals surface area (Å²) in [5.41, 5.74) is 2.42. The molecule has 0 aromatic heterocycles. The second-order valence-corrected chi connectivity index (χ2v) is 7.49. The van der Waals surface area contributed by atoms with Crippen LogP contribution in [0.1, 0.15) is 18.1 Å².